The highest BCUT2D eigenvalue weighted by atomic mass is 14.0. The topological polar surface area (TPSA) is 0 Å². The molecule has 13 heavy (non-hydrogen) atoms. The van der Waals surface area contributed by atoms with Gasteiger partial charge in [0.15, 0.2) is 0 Å². The first-order valence-electron chi connectivity index (χ1n) is 5.50. The summed E-state index contributed by atoms with van der Waals surface area (Å²) in [6.45, 7) is 10.6. The van der Waals surface area contributed by atoms with Gasteiger partial charge in [-0.3, -0.25) is 0 Å². The molecule has 0 bridgehead atoms. The molecule has 0 aromatic carbocycles. The zero-order valence-electron chi connectivity index (χ0n) is 9.47. The molecule has 0 heteroatoms. The van der Waals surface area contributed by atoms with Gasteiger partial charge in [0.2, 0.25) is 0 Å². The van der Waals surface area contributed by atoms with Gasteiger partial charge in [-0.05, 0) is 38.0 Å². The molecule has 0 aromatic heterocycles. The van der Waals surface area contributed by atoms with Gasteiger partial charge in [-0.1, -0.05) is 45.1 Å². The van der Waals surface area contributed by atoms with Gasteiger partial charge in [0, 0.05) is 0 Å². The van der Waals surface area contributed by atoms with Crippen molar-refractivity contribution in [3.05, 3.63) is 24.3 Å². The fourth-order valence-electron chi connectivity index (χ4n) is 1.18. The second kappa shape index (κ2) is 8.10. The molecule has 0 aliphatic carbocycles. The first kappa shape index (κ1) is 12.5. The molecule has 0 nitrogen and oxygen atoms in total. The fourth-order valence-corrected chi connectivity index (χ4v) is 1.18. The van der Waals surface area contributed by atoms with E-state index in [1.165, 1.54) is 31.3 Å². The lowest BCUT2D eigenvalue weighted by Gasteiger charge is -2.00. The minimum Gasteiger partial charge on any atom is -0.0999 e. The molecular formula is C13H24. The van der Waals surface area contributed by atoms with Crippen LogP contribution in [0.1, 0.15) is 52.9 Å². The van der Waals surface area contributed by atoms with Crippen molar-refractivity contribution in [3.63, 3.8) is 0 Å². The largest absolute Gasteiger partial charge is 0.0999 e. The van der Waals surface area contributed by atoms with E-state index < -0.39 is 0 Å². The Morgan fingerprint density at radius 2 is 2.00 bits per heavy atom. The van der Waals surface area contributed by atoms with Gasteiger partial charge < -0.3 is 0 Å². The van der Waals surface area contributed by atoms with Crippen LogP contribution in [0.4, 0.5) is 0 Å². The molecule has 0 N–H and O–H groups in total. The van der Waals surface area contributed by atoms with Crippen LogP contribution in [0.25, 0.3) is 0 Å². The van der Waals surface area contributed by atoms with E-state index in [1.54, 1.807) is 0 Å². The smallest absolute Gasteiger partial charge is 0.0290 e. The molecular weight excluding hydrogens is 156 g/mol. The molecule has 0 aliphatic rings. The molecule has 0 aliphatic heterocycles. The van der Waals surface area contributed by atoms with Crippen LogP contribution in [0.3, 0.4) is 0 Å². The Hall–Kier alpha value is -0.520. The first-order chi connectivity index (χ1) is 6.16. The molecule has 0 atom stereocenters. The lowest BCUT2D eigenvalue weighted by molar-refractivity contribution is 0.724. The Balaban J connectivity index is 3.22. The summed E-state index contributed by atoms with van der Waals surface area (Å²) in [6, 6.07) is 0. The highest BCUT2D eigenvalue weighted by molar-refractivity contribution is 4.92. The van der Waals surface area contributed by atoms with E-state index in [1.807, 2.05) is 0 Å². The van der Waals surface area contributed by atoms with Crippen LogP contribution in [-0.2, 0) is 0 Å². The molecule has 76 valence electrons. The van der Waals surface area contributed by atoms with Gasteiger partial charge in [-0.25, -0.2) is 0 Å². The number of rotatable bonds is 7. The molecule has 0 saturated carbocycles. The summed E-state index contributed by atoms with van der Waals surface area (Å²) < 4.78 is 0. The SMILES string of the molecule is C=C(CC)CCCCC=CC(C)C. The molecule has 0 aromatic rings. The molecule has 0 fully saturated rings. The zero-order chi connectivity index (χ0) is 10.1. The van der Waals surface area contributed by atoms with Crippen molar-refractivity contribution in [2.45, 2.75) is 52.9 Å². The van der Waals surface area contributed by atoms with Crippen LogP contribution in [0, 0.1) is 5.92 Å². The molecule has 0 rings (SSSR count). The van der Waals surface area contributed by atoms with Crippen LogP contribution < -0.4 is 0 Å². The third-order valence-electron chi connectivity index (χ3n) is 2.17. The van der Waals surface area contributed by atoms with Gasteiger partial charge in [0.05, 0.1) is 0 Å². The third-order valence-corrected chi connectivity index (χ3v) is 2.17. The fraction of sp³-hybridized carbons (Fsp3) is 0.692. The minimum absolute atomic E-state index is 0.700. The Labute approximate surface area is 83.7 Å². The van der Waals surface area contributed by atoms with E-state index in [9.17, 15) is 0 Å². The predicted molar refractivity (Wildman–Crippen MR) is 61.9 cm³/mol. The van der Waals surface area contributed by atoms with Crippen LogP contribution in [0.5, 0.6) is 0 Å². The Kier molecular flexibility index (Phi) is 7.77. The van der Waals surface area contributed by atoms with E-state index in [-0.39, 0.29) is 0 Å². The number of hydrogen-bond acceptors (Lipinski definition) is 0. The summed E-state index contributed by atoms with van der Waals surface area (Å²) in [4.78, 5) is 0. The average molecular weight is 180 g/mol. The summed E-state index contributed by atoms with van der Waals surface area (Å²) in [5.74, 6) is 0.700. The van der Waals surface area contributed by atoms with Crippen molar-refractivity contribution in [2.75, 3.05) is 0 Å². The summed E-state index contributed by atoms with van der Waals surface area (Å²) >= 11 is 0. The first-order valence-corrected chi connectivity index (χ1v) is 5.50. The van der Waals surface area contributed by atoms with Crippen LogP contribution in [0.2, 0.25) is 0 Å². The van der Waals surface area contributed by atoms with Crippen molar-refractivity contribution in [3.8, 4) is 0 Å². The van der Waals surface area contributed by atoms with Crippen molar-refractivity contribution in [1.82, 2.24) is 0 Å². The summed E-state index contributed by atoms with van der Waals surface area (Å²) in [5.41, 5.74) is 1.40. The molecule has 0 radical (unpaired) electrons. The Bertz CT molecular complexity index is 151. The molecule has 0 heterocycles. The van der Waals surface area contributed by atoms with Crippen LogP contribution in [0.15, 0.2) is 24.3 Å². The Morgan fingerprint density at radius 1 is 1.31 bits per heavy atom. The second-order valence-corrected chi connectivity index (χ2v) is 4.02. The highest BCUT2D eigenvalue weighted by Gasteiger charge is 1.90. The normalized spacial score (nSPS) is 11.4. The lowest BCUT2D eigenvalue weighted by atomic mass is 10.1. The van der Waals surface area contributed by atoms with E-state index in [4.69, 9.17) is 0 Å². The van der Waals surface area contributed by atoms with Crippen LogP contribution >= 0.6 is 0 Å². The van der Waals surface area contributed by atoms with E-state index in [2.05, 4.69) is 39.5 Å². The van der Waals surface area contributed by atoms with Gasteiger partial charge in [0.1, 0.15) is 0 Å². The average Bonchev–Trinajstić information content (AvgIpc) is 2.10. The molecule has 0 unspecified atom stereocenters. The molecule has 0 spiro atoms. The monoisotopic (exact) mass is 180 g/mol. The minimum atomic E-state index is 0.700. The number of hydrogen-bond donors (Lipinski definition) is 0. The van der Waals surface area contributed by atoms with E-state index in [0.29, 0.717) is 5.92 Å². The van der Waals surface area contributed by atoms with Gasteiger partial charge >= 0.3 is 0 Å². The maximum absolute atomic E-state index is 4.00. The highest BCUT2D eigenvalue weighted by Crippen LogP contribution is 2.10. The maximum atomic E-state index is 4.00. The van der Waals surface area contributed by atoms with E-state index >= 15 is 0 Å². The molecule has 0 amide bonds. The Morgan fingerprint density at radius 3 is 2.54 bits per heavy atom. The van der Waals surface area contributed by atoms with Crippen molar-refractivity contribution >= 4 is 0 Å². The van der Waals surface area contributed by atoms with Crippen molar-refractivity contribution in [2.24, 2.45) is 5.92 Å². The quantitative estimate of drug-likeness (QED) is 0.392. The summed E-state index contributed by atoms with van der Waals surface area (Å²) in [7, 11) is 0. The maximum Gasteiger partial charge on any atom is -0.0290 e. The summed E-state index contributed by atoms with van der Waals surface area (Å²) in [5, 5.41) is 0. The zero-order valence-corrected chi connectivity index (χ0v) is 9.47. The third kappa shape index (κ3) is 9.39. The number of unbranched alkanes of at least 4 members (excludes halogenated alkanes) is 2. The molecule has 0 saturated heterocycles. The summed E-state index contributed by atoms with van der Waals surface area (Å²) in [6.07, 6.45) is 10.8. The van der Waals surface area contributed by atoms with Crippen molar-refractivity contribution < 1.29 is 0 Å². The predicted octanol–water partition coefficient (Wildman–Crippen LogP) is 4.73. The van der Waals surface area contributed by atoms with Gasteiger partial charge in [0.25, 0.3) is 0 Å². The lowest BCUT2D eigenvalue weighted by Crippen LogP contribution is -1.81. The second-order valence-electron chi connectivity index (χ2n) is 4.02. The van der Waals surface area contributed by atoms with Gasteiger partial charge in [-0.15, -0.1) is 0 Å². The van der Waals surface area contributed by atoms with E-state index in [0.717, 1.165) is 6.42 Å². The van der Waals surface area contributed by atoms with Crippen LogP contribution in [-0.4, -0.2) is 0 Å². The number of allylic oxidation sites excluding steroid dienone is 3. The standard InChI is InChI=1S/C13H24/c1-5-13(4)11-9-7-6-8-10-12(2)3/h8,10,12H,4-7,9,11H2,1-3H3. The van der Waals surface area contributed by atoms with Gasteiger partial charge in [-0.2, -0.15) is 0 Å². The van der Waals surface area contributed by atoms with Crippen molar-refractivity contribution in [1.29, 1.82) is 0 Å².